The predicted molar refractivity (Wildman–Crippen MR) is 90.4 cm³/mol. The van der Waals surface area contributed by atoms with Gasteiger partial charge >= 0.3 is 5.97 Å². The molecule has 0 saturated heterocycles. The van der Waals surface area contributed by atoms with Crippen molar-refractivity contribution < 1.29 is 9.53 Å². The first-order chi connectivity index (χ1) is 10.6. The number of benzene rings is 1. The highest BCUT2D eigenvalue weighted by Gasteiger charge is 2.29. The average molecular weight is 313 g/mol. The van der Waals surface area contributed by atoms with Crippen LogP contribution in [0, 0.1) is 6.92 Å². The summed E-state index contributed by atoms with van der Waals surface area (Å²) in [6.07, 6.45) is 1.80. The van der Waals surface area contributed by atoms with Gasteiger partial charge in [0.2, 0.25) is 0 Å². The van der Waals surface area contributed by atoms with Crippen LogP contribution in [0.1, 0.15) is 41.3 Å². The van der Waals surface area contributed by atoms with E-state index in [2.05, 4.69) is 23.6 Å². The van der Waals surface area contributed by atoms with Gasteiger partial charge in [-0.25, -0.2) is 0 Å². The van der Waals surface area contributed by atoms with Crippen LogP contribution >= 0.6 is 12.2 Å². The molecule has 0 saturated carbocycles. The molecule has 0 radical (unpaired) electrons. The number of hydrogen-bond donors (Lipinski definition) is 0. The molecule has 2 aromatic rings. The topological polar surface area (TPSA) is 31.2 Å². The molecule has 1 aromatic heterocycles. The number of carbonyl (C=O) groups is 1. The van der Waals surface area contributed by atoms with Gasteiger partial charge in [0, 0.05) is 12.2 Å². The third-order valence-corrected chi connectivity index (χ3v) is 4.69. The lowest BCUT2D eigenvalue weighted by Crippen LogP contribution is -2.24. The van der Waals surface area contributed by atoms with E-state index in [0.29, 0.717) is 0 Å². The van der Waals surface area contributed by atoms with E-state index >= 15 is 0 Å². The molecule has 114 valence electrons. The van der Waals surface area contributed by atoms with Crippen LogP contribution < -0.4 is 0 Å². The zero-order valence-electron chi connectivity index (χ0n) is 12.8. The molecule has 0 bridgehead atoms. The van der Waals surface area contributed by atoms with Crippen molar-refractivity contribution in [3.8, 4) is 0 Å². The molecule has 0 N–H and O–H groups in total. The van der Waals surface area contributed by atoms with E-state index in [0.717, 1.165) is 41.2 Å². The van der Waals surface area contributed by atoms with Crippen molar-refractivity contribution in [3.05, 3.63) is 58.9 Å². The highest BCUT2D eigenvalue weighted by molar-refractivity contribution is 7.81. The van der Waals surface area contributed by atoms with Gasteiger partial charge in [0.1, 0.15) is 0 Å². The Morgan fingerprint density at radius 1 is 1.32 bits per heavy atom. The Kier molecular flexibility index (Phi) is 4.12. The molecule has 1 unspecified atom stereocenters. The van der Waals surface area contributed by atoms with E-state index < -0.39 is 0 Å². The van der Waals surface area contributed by atoms with Crippen molar-refractivity contribution in [3.63, 3.8) is 0 Å². The van der Waals surface area contributed by atoms with Crippen molar-refractivity contribution in [2.75, 3.05) is 7.11 Å². The van der Waals surface area contributed by atoms with Gasteiger partial charge < -0.3 is 9.30 Å². The number of ether oxygens (including phenoxy) is 1. The van der Waals surface area contributed by atoms with Gasteiger partial charge in [-0.2, -0.15) is 0 Å². The van der Waals surface area contributed by atoms with Crippen molar-refractivity contribution in [1.82, 2.24) is 4.57 Å². The number of hydrogen-bond acceptors (Lipinski definition) is 3. The van der Waals surface area contributed by atoms with Gasteiger partial charge in [-0.1, -0.05) is 42.0 Å². The van der Waals surface area contributed by atoms with Gasteiger partial charge in [-0.3, -0.25) is 4.79 Å². The summed E-state index contributed by atoms with van der Waals surface area (Å²) in [6, 6.07) is 12.3. The third kappa shape index (κ3) is 2.59. The zero-order valence-corrected chi connectivity index (χ0v) is 13.7. The maximum absolute atomic E-state index is 12.0. The number of fused-ring (bicyclic) bond motifs is 1. The Bertz CT molecular complexity index is 732. The first kappa shape index (κ1) is 15.0. The van der Waals surface area contributed by atoms with E-state index in [4.69, 9.17) is 17.0 Å². The fourth-order valence-electron chi connectivity index (χ4n) is 3.15. The van der Waals surface area contributed by atoms with E-state index in [-0.39, 0.29) is 11.9 Å². The minimum absolute atomic E-state index is 0.160. The number of aryl methyl sites for hydroxylation is 1. The number of esters is 1. The highest BCUT2D eigenvalue weighted by Crippen LogP contribution is 2.31. The Labute approximate surface area is 135 Å². The van der Waals surface area contributed by atoms with Crippen molar-refractivity contribution >= 4 is 23.1 Å². The Hall–Kier alpha value is -1.94. The molecule has 3 nitrogen and oxygen atoms in total. The molecule has 4 heteroatoms. The summed E-state index contributed by atoms with van der Waals surface area (Å²) in [5.74, 6) is -0.333. The second kappa shape index (κ2) is 6.05. The minimum atomic E-state index is -0.173. The maximum Gasteiger partial charge on any atom is 0.314 e. The normalized spacial score (nSPS) is 16.9. The van der Waals surface area contributed by atoms with Crippen LogP contribution in [-0.4, -0.2) is 22.5 Å². The summed E-state index contributed by atoms with van der Waals surface area (Å²) in [7, 11) is 1.45. The molecule has 0 fully saturated rings. The van der Waals surface area contributed by atoms with Gasteiger partial charge in [-0.15, -0.1) is 0 Å². The lowest BCUT2D eigenvalue weighted by atomic mass is 9.96. The van der Waals surface area contributed by atoms with E-state index in [1.165, 1.54) is 12.7 Å². The molecule has 1 atom stereocenters. The van der Waals surface area contributed by atoms with Crippen molar-refractivity contribution in [2.24, 2.45) is 0 Å². The Morgan fingerprint density at radius 3 is 2.86 bits per heavy atom. The molecule has 22 heavy (non-hydrogen) atoms. The molecule has 1 aromatic carbocycles. The molecular formula is C18H19NO2S. The number of nitrogens with zero attached hydrogens (tertiary/aromatic N) is 1. The number of methoxy groups -OCH3 is 1. The van der Waals surface area contributed by atoms with Crippen LogP contribution in [0.5, 0.6) is 0 Å². The lowest BCUT2D eigenvalue weighted by molar-refractivity contribution is -0.143. The monoisotopic (exact) mass is 313 g/mol. The lowest BCUT2D eigenvalue weighted by Gasteiger charge is -2.24. The SMILES string of the molecule is COC(=O)C1CCCn2c(C(=S)c3cccc(C)c3)ccc21. The predicted octanol–water partition coefficient (Wildman–Crippen LogP) is 3.61. The zero-order chi connectivity index (χ0) is 15.7. The summed E-state index contributed by atoms with van der Waals surface area (Å²) < 4.78 is 7.11. The molecule has 0 amide bonds. The molecular weight excluding hydrogens is 294 g/mol. The van der Waals surface area contributed by atoms with Gasteiger partial charge in [0.05, 0.1) is 23.6 Å². The van der Waals surface area contributed by atoms with E-state index in [9.17, 15) is 4.79 Å². The average Bonchev–Trinajstić information content (AvgIpc) is 2.97. The van der Waals surface area contributed by atoms with Crippen LogP contribution in [0.3, 0.4) is 0 Å². The largest absolute Gasteiger partial charge is 0.469 e. The van der Waals surface area contributed by atoms with Crippen LogP contribution in [0.2, 0.25) is 0 Å². The molecule has 0 aliphatic carbocycles. The molecule has 0 spiro atoms. The Balaban J connectivity index is 1.99. The fourth-order valence-corrected chi connectivity index (χ4v) is 3.46. The fraction of sp³-hybridized carbons (Fsp3) is 0.333. The number of rotatable bonds is 3. The number of aromatic nitrogens is 1. The summed E-state index contributed by atoms with van der Waals surface area (Å²) in [5.41, 5.74) is 4.28. The van der Waals surface area contributed by atoms with Crippen LogP contribution in [-0.2, 0) is 16.1 Å². The second-order valence-electron chi connectivity index (χ2n) is 5.71. The minimum Gasteiger partial charge on any atom is -0.469 e. The van der Waals surface area contributed by atoms with E-state index in [1.54, 1.807) is 0 Å². The highest BCUT2D eigenvalue weighted by atomic mass is 32.1. The maximum atomic E-state index is 12.0. The third-order valence-electron chi connectivity index (χ3n) is 4.24. The molecule has 1 aliphatic heterocycles. The molecule has 3 rings (SSSR count). The summed E-state index contributed by atoms with van der Waals surface area (Å²) in [5, 5.41) is 0. The van der Waals surface area contributed by atoms with Gasteiger partial charge in [0.25, 0.3) is 0 Å². The molecule has 1 aliphatic rings. The van der Waals surface area contributed by atoms with Gasteiger partial charge in [0.15, 0.2) is 0 Å². The smallest absolute Gasteiger partial charge is 0.314 e. The number of thiocarbonyl (C=S) groups is 1. The first-order valence-electron chi connectivity index (χ1n) is 7.50. The van der Waals surface area contributed by atoms with Crippen molar-refractivity contribution in [2.45, 2.75) is 32.2 Å². The summed E-state index contributed by atoms with van der Waals surface area (Å²) in [4.78, 5) is 12.8. The van der Waals surface area contributed by atoms with Gasteiger partial charge in [-0.05, 0) is 37.5 Å². The van der Waals surface area contributed by atoms with Crippen molar-refractivity contribution in [1.29, 1.82) is 0 Å². The summed E-state index contributed by atoms with van der Waals surface area (Å²) in [6.45, 7) is 2.96. The number of carbonyl (C=O) groups excluding carboxylic acids is 1. The van der Waals surface area contributed by atoms with Crippen LogP contribution in [0.25, 0.3) is 0 Å². The molecule has 2 heterocycles. The van der Waals surface area contributed by atoms with E-state index in [1.807, 2.05) is 24.3 Å². The summed E-state index contributed by atoms with van der Waals surface area (Å²) >= 11 is 5.68. The quantitative estimate of drug-likeness (QED) is 0.493. The first-order valence-corrected chi connectivity index (χ1v) is 7.91. The standard InChI is InChI=1S/C18H19NO2S/c1-12-5-3-6-13(11-12)17(22)16-9-8-15-14(18(20)21-2)7-4-10-19(15)16/h3,5-6,8-9,11,14H,4,7,10H2,1-2H3. The van der Waals surface area contributed by atoms with Crippen LogP contribution in [0.4, 0.5) is 0 Å². The Morgan fingerprint density at radius 2 is 2.14 bits per heavy atom. The van der Waals surface area contributed by atoms with Crippen LogP contribution in [0.15, 0.2) is 36.4 Å². The second-order valence-corrected chi connectivity index (χ2v) is 6.12.